The molecule has 1 saturated heterocycles. The molecule has 0 spiro atoms. The first-order chi connectivity index (χ1) is 13.2. The van der Waals surface area contributed by atoms with Crippen LogP contribution in [0.15, 0.2) is 66.7 Å². The summed E-state index contributed by atoms with van der Waals surface area (Å²) in [5.41, 5.74) is 2.61. The lowest BCUT2D eigenvalue weighted by molar-refractivity contribution is 0.104. The van der Waals surface area contributed by atoms with E-state index in [1.54, 1.807) is 17.4 Å². The first kappa shape index (κ1) is 18.1. The smallest absolute Gasteiger partial charge is 0.195 e. The van der Waals surface area contributed by atoms with Crippen LogP contribution < -0.4 is 0 Å². The van der Waals surface area contributed by atoms with Gasteiger partial charge in [0.2, 0.25) is 0 Å². The van der Waals surface area contributed by atoms with Gasteiger partial charge in [0.1, 0.15) is 0 Å². The Balaban J connectivity index is 1.32. The van der Waals surface area contributed by atoms with E-state index in [4.69, 9.17) is 0 Å². The minimum atomic E-state index is 0.139. The molecule has 138 valence electrons. The number of benzene rings is 2. The Kier molecular flexibility index (Phi) is 5.51. The molecule has 2 aromatic carbocycles. The van der Waals surface area contributed by atoms with Crippen molar-refractivity contribution in [1.82, 2.24) is 4.90 Å². The van der Waals surface area contributed by atoms with Crippen molar-refractivity contribution < 1.29 is 4.79 Å². The molecule has 1 fully saturated rings. The minimum absolute atomic E-state index is 0.139. The number of ketones is 1. The average molecular weight is 376 g/mol. The van der Waals surface area contributed by atoms with E-state index in [1.165, 1.54) is 21.2 Å². The number of carbonyl (C=O) groups excluding carboxylic acids is 1. The molecule has 0 N–H and O–H groups in total. The summed E-state index contributed by atoms with van der Waals surface area (Å²) >= 11 is 1.59. The SMILES string of the molecule is Cc1ccc2sc(C(=O)C=CC3CCN(Cc4ccccc4)CC3)cc2c1. The molecular formula is C24H25NOS. The third kappa shape index (κ3) is 4.55. The monoisotopic (exact) mass is 375 g/mol. The van der Waals surface area contributed by atoms with E-state index in [0.29, 0.717) is 5.92 Å². The highest BCUT2D eigenvalue weighted by Gasteiger charge is 2.18. The Morgan fingerprint density at radius 1 is 1.11 bits per heavy atom. The van der Waals surface area contributed by atoms with Gasteiger partial charge in [-0.15, -0.1) is 11.3 Å². The molecule has 0 radical (unpaired) electrons. The molecule has 0 amide bonds. The van der Waals surface area contributed by atoms with Gasteiger partial charge in [-0.1, -0.05) is 54.1 Å². The lowest BCUT2D eigenvalue weighted by Crippen LogP contribution is -2.32. The third-order valence-corrected chi connectivity index (χ3v) is 6.45. The van der Waals surface area contributed by atoms with Gasteiger partial charge in [0.05, 0.1) is 4.88 Å². The summed E-state index contributed by atoms with van der Waals surface area (Å²) in [6.07, 6.45) is 6.19. The summed E-state index contributed by atoms with van der Waals surface area (Å²) in [7, 11) is 0. The van der Waals surface area contributed by atoms with Gasteiger partial charge >= 0.3 is 0 Å². The van der Waals surface area contributed by atoms with Gasteiger partial charge < -0.3 is 0 Å². The van der Waals surface area contributed by atoms with Crippen LogP contribution in [0.2, 0.25) is 0 Å². The van der Waals surface area contributed by atoms with Crippen molar-refractivity contribution in [2.75, 3.05) is 13.1 Å². The number of piperidine rings is 1. The summed E-state index contributed by atoms with van der Waals surface area (Å²) in [6.45, 7) is 5.31. The van der Waals surface area contributed by atoms with Crippen molar-refractivity contribution in [2.24, 2.45) is 5.92 Å². The van der Waals surface area contributed by atoms with Crippen LogP contribution in [-0.2, 0) is 6.54 Å². The van der Waals surface area contributed by atoms with Gasteiger partial charge in [-0.25, -0.2) is 0 Å². The van der Waals surface area contributed by atoms with Gasteiger partial charge in [0.15, 0.2) is 5.78 Å². The van der Waals surface area contributed by atoms with Crippen LogP contribution in [0.4, 0.5) is 0 Å². The fraction of sp³-hybridized carbons (Fsp3) is 0.292. The Bertz CT molecular complexity index is 949. The number of aryl methyl sites for hydroxylation is 1. The average Bonchev–Trinajstić information content (AvgIpc) is 3.11. The second-order valence-electron chi connectivity index (χ2n) is 7.47. The van der Waals surface area contributed by atoms with Crippen LogP contribution in [0.5, 0.6) is 0 Å². The van der Waals surface area contributed by atoms with Crippen molar-refractivity contribution in [1.29, 1.82) is 0 Å². The second-order valence-corrected chi connectivity index (χ2v) is 8.56. The van der Waals surface area contributed by atoms with E-state index in [-0.39, 0.29) is 5.78 Å². The molecule has 0 bridgehead atoms. The molecule has 3 aromatic rings. The molecule has 0 unspecified atom stereocenters. The second kappa shape index (κ2) is 8.20. The summed E-state index contributed by atoms with van der Waals surface area (Å²) in [4.78, 5) is 15.9. The predicted octanol–water partition coefficient (Wildman–Crippen LogP) is 5.86. The zero-order chi connectivity index (χ0) is 18.6. The Labute approximate surface area is 165 Å². The van der Waals surface area contributed by atoms with Crippen molar-refractivity contribution in [3.63, 3.8) is 0 Å². The largest absolute Gasteiger partial charge is 0.299 e. The Morgan fingerprint density at radius 3 is 2.67 bits per heavy atom. The van der Waals surface area contributed by atoms with Crippen LogP contribution >= 0.6 is 11.3 Å². The molecular weight excluding hydrogens is 350 g/mol. The highest BCUT2D eigenvalue weighted by Crippen LogP contribution is 2.27. The normalized spacial score (nSPS) is 16.3. The van der Waals surface area contributed by atoms with Crippen LogP contribution in [0.3, 0.4) is 0 Å². The number of fused-ring (bicyclic) bond motifs is 1. The minimum Gasteiger partial charge on any atom is -0.299 e. The fourth-order valence-electron chi connectivity index (χ4n) is 3.73. The van der Waals surface area contributed by atoms with Crippen LogP contribution in [-0.4, -0.2) is 23.8 Å². The maximum Gasteiger partial charge on any atom is 0.195 e. The number of nitrogens with zero attached hydrogens (tertiary/aromatic N) is 1. The van der Waals surface area contributed by atoms with E-state index >= 15 is 0 Å². The van der Waals surface area contributed by atoms with Gasteiger partial charge in [0, 0.05) is 11.2 Å². The summed E-state index contributed by atoms with van der Waals surface area (Å²) in [5.74, 6) is 0.651. The first-order valence-electron chi connectivity index (χ1n) is 9.66. The number of hydrogen-bond donors (Lipinski definition) is 0. The zero-order valence-corrected chi connectivity index (χ0v) is 16.5. The summed E-state index contributed by atoms with van der Waals surface area (Å²) in [5, 5.41) is 1.17. The van der Waals surface area contributed by atoms with E-state index in [9.17, 15) is 4.79 Å². The quantitative estimate of drug-likeness (QED) is 0.411. The van der Waals surface area contributed by atoms with Crippen molar-refractivity contribution in [2.45, 2.75) is 26.3 Å². The lowest BCUT2D eigenvalue weighted by atomic mass is 9.95. The molecule has 2 heterocycles. The Hall–Kier alpha value is -2.23. The molecule has 0 saturated carbocycles. The number of carbonyl (C=O) groups is 1. The van der Waals surface area contributed by atoms with Crippen molar-refractivity contribution in [3.8, 4) is 0 Å². The summed E-state index contributed by atoms with van der Waals surface area (Å²) < 4.78 is 1.19. The highest BCUT2D eigenvalue weighted by atomic mass is 32.1. The van der Waals surface area contributed by atoms with Crippen LogP contribution in [0, 0.1) is 12.8 Å². The van der Waals surface area contributed by atoms with E-state index in [2.05, 4.69) is 66.4 Å². The highest BCUT2D eigenvalue weighted by molar-refractivity contribution is 7.21. The fourth-order valence-corrected chi connectivity index (χ4v) is 4.70. The van der Waals surface area contributed by atoms with Gasteiger partial charge in [-0.3, -0.25) is 9.69 Å². The number of rotatable bonds is 5. The Morgan fingerprint density at radius 2 is 1.89 bits per heavy atom. The van der Waals surface area contributed by atoms with Crippen LogP contribution in [0.25, 0.3) is 10.1 Å². The molecule has 27 heavy (non-hydrogen) atoms. The predicted molar refractivity (Wildman–Crippen MR) is 114 cm³/mol. The molecule has 3 heteroatoms. The van der Waals surface area contributed by atoms with Crippen molar-refractivity contribution in [3.05, 3.63) is 82.8 Å². The van der Waals surface area contributed by atoms with Gasteiger partial charge in [0.25, 0.3) is 0 Å². The number of allylic oxidation sites excluding steroid dienone is 2. The maximum absolute atomic E-state index is 12.6. The van der Waals surface area contributed by atoms with E-state index in [0.717, 1.165) is 37.4 Å². The summed E-state index contributed by atoms with van der Waals surface area (Å²) in [6, 6.07) is 19.0. The topological polar surface area (TPSA) is 20.3 Å². The molecule has 1 aromatic heterocycles. The third-order valence-electron chi connectivity index (χ3n) is 5.32. The maximum atomic E-state index is 12.6. The molecule has 1 aliphatic heterocycles. The number of hydrogen-bond acceptors (Lipinski definition) is 3. The first-order valence-corrected chi connectivity index (χ1v) is 10.5. The standard InChI is InChI=1S/C24H25NOS/c1-18-7-10-23-21(15-18)16-24(27-23)22(26)9-8-19-11-13-25(14-12-19)17-20-5-3-2-4-6-20/h2-10,15-16,19H,11-14,17H2,1H3. The number of thiophene rings is 1. The van der Waals surface area contributed by atoms with E-state index < -0.39 is 0 Å². The molecule has 0 aliphatic carbocycles. The molecule has 2 nitrogen and oxygen atoms in total. The zero-order valence-electron chi connectivity index (χ0n) is 15.7. The number of likely N-dealkylation sites (tertiary alicyclic amines) is 1. The van der Waals surface area contributed by atoms with E-state index in [1.807, 2.05) is 6.07 Å². The molecule has 1 aliphatic rings. The van der Waals surface area contributed by atoms with Crippen LogP contribution in [0.1, 0.15) is 33.6 Å². The van der Waals surface area contributed by atoms with Gasteiger partial charge in [-0.2, -0.15) is 0 Å². The lowest BCUT2D eigenvalue weighted by Gasteiger charge is -2.30. The molecule has 0 atom stereocenters. The van der Waals surface area contributed by atoms with Gasteiger partial charge in [-0.05, 0) is 67.9 Å². The molecule has 4 rings (SSSR count). The van der Waals surface area contributed by atoms with Crippen molar-refractivity contribution >= 4 is 27.2 Å².